The monoisotopic (exact) mass is 493 g/mol. The number of ether oxygens (including phenoxy) is 1. The van der Waals surface area contributed by atoms with E-state index >= 15 is 0 Å². The van der Waals surface area contributed by atoms with Gasteiger partial charge in [-0.15, -0.1) is 0 Å². The molecular formula is C25H23N3O4S2. The Morgan fingerprint density at radius 3 is 2.50 bits per heavy atom. The number of pyridine rings is 1. The third-order valence-electron chi connectivity index (χ3n) is 5.18. The fourth-order valence-electron chi connectivity index (χ4n) is 3.46. The maximum Gasteiger partial charge on any atom is 0.238 e. The molecule has 1 unspecified atom stereocenters. The van der Waals surface area contributed by atoms with E-state index in [9.17, 15) is 13.2 Å². The van der Waals surface area contributed by atoms with Gasteiger partial charge in [-0.05, 0) is 54.4 Å². The van der Waals surface area contributed by atoms with Crippen molar-refractivity contribution in [3.63, 3.8) is 0 Å². The SMILES string of the molecule is COc1ccc2c(-c3ccccc3)cc(SC(C)C(=O)Nc3cccc(S(N)(=O)=O)c3)nc2c1. The number of aromatic nitrogens is 1. The number of thioether (sulfide) groups is 1. The van der Waals surface area contributed by atoms with Crippen molar-refractivity contribution in [2.75, 3.05) is 12.4 Å². The van der Waals surface area contributed by atoms with E-state index in [0.29, 0.717) is 16.5 Å². The number of nitrogens with zero attached hydrogens (tertiary/aromatic N) is 1. The van der Waals surface area contributed by atoms with Crippen molar-refractivity contribution in [2.45, 2.75) is 22.1 Å². The minimum absolute atomic E-state index is 0.0664. The van der Waals surface area contributed by atoms with Crippen LogP contribution in [-0.2, 0) is 14.8 Å². The lowest BCUT2D eigenvalue weighted by molar-refractivity contribution is -0.115. The van der Waals surface area contributed by atoms with Crippen LogP contribution in [0.25, 0.3) is 22.0 Å². The number of methoxy groups -OCH3 is 1. The molecule has 0 fully saturated rings. The van der Waals surface area contributed by atoms with Crippen LogP contribution in [0.3, 0.4) is 0 Å². The molecule has 0 aliphatic heterocycles. The first-order valence-corrected chi connectivity index (χ1v) is 12.8. The van der Waals surface area contributed by atoms with Crippen molar-refractivity contribution >= 4 is 44.3 Å². The van der Waals surface area contributed by atoms with Crippen LogP contribution in [0.4, 0.5) is 5.69 Å². The number of nitrogens with two attached hydrogens (primary N) is 1. The Hall–Kier alpha value is -3.40. The van der Waals surface area contributed by atoms with Gasteiger partial charge >= 0.3 is 0 Å². The number of benzene rings is 3. The number of carbonyl (C=O) groups is 1. The highest BCUT2D eigenvalue weighted by Gasteiger charge is 2.18. The summed E-state index contributed by atoms with van der Waals surface area (Å²) in [7, 11) is -2.26. The van der Waals surface area contributed by atoms with Gasteiger partial charge in [0.25, 0.3) is 0 Å². The molecule has 0 radical (unpaired) electrons. The van der Waals surface area contributed by atoms with Crippen molar-refractivity contribution in [2.24, 2.45) is 5.14 Å². The van der Waals surface area contributed by atoms with Gasteiger partial charge in [0, 0.05) is 17.1 Å². The second-order valence-corrected chi connectivity index (χ2v) is 10.5. The van der Waals surface area contributed by atoms with Gasteiger partial charge in [0.1, 0.15) is 5.75 Å². The predicted molar refractivity (Wildman–Crippen MR) is 135 cm³/mol. The van der Waals surface area contributed by atoms with Gasteiger partial charge in [0.2, 0.25) is 15.9 Å². The molecular weight excluding hydrogens is 470 g/mol. The smallest absolute Gasteiger partial charge is 0.238 e. The second kappa shape index (κ2) is 9.84. The van der Waals surface area contributed by atoms with E-state index in [4.69, 9.17) is 14.9 Å². The molecule has 3 aromatic carbocycles. The molecule has 4 aromatic rings. The summed E-state index contributed by atoms with van der Waals surface area (Å²) in [5.41, 5.74) is 3.16. The first-order valence-electron chi connectivity index (χ1n) is 10.4. The number of nitrogens with one attached hydrogen (secondary N) is 1. The van der Waals surface area contributed by atoms with E-state index < -0.39 is 15.3 Å². The fraction of sp³-hybridized carbons (Fsp3) is 0.120. The summed E-state index contributed by atoms with van der Waals surface area (Å²) in [6.07, 6.45) is 0. The summed E-state index contributed by atoms with van der Waals surface area (Å²) in [4.78, 5) is 17.5. The molecule has 1 atom stereocenters. The van der Waals surface area contributed by atoms with Crippen molar-refractivity contribution < 1.29 is 17.9 Å². The number of fused-ring (bicyclic) bond motifs is 1. The van der Waals surface area contributed by atoms with E-state index in [1.807, 2.05) is 54.6 Å². The van der Waals surface area contributed by atoms with E-state index in [1.165, 1.54) is 30.0 Å². The Kier molecular flexibility index (Phi) is 6.87. The summed E-state index contributed by atoms with van der Waals surface area (Å²) >= 11 is 1.31. The molecule has 1 amide bonds. The Bertz CT molecular complexity index is 1460. The van der Waals surface area contributed by atoms with Crippen LogP contribution >= 0.6 is 11.8 Å². The Morgan fingerprint density at radius 2 is 1.79 bits per heavy atom. The minimum atomic E-state index is -3.86. The fourth-order valence-corrected chi connectivity index (χ4v) is 4.88. The largest absolute Gasteiger partial charge is 0.497 e. The Morgan fingerprint density at radius 1 is 1.03 bits per heavy atom. The zero-order valence-electron chi connectivity index (χ0n) is 18.6. The van der Waals surface area contributed by atoms with Gasteiger partial charge in [-0.2, -0.15) is 0 Å². The van der Waals surface area contributed by atoms with Gasteiger partial charge in [0.15, 0.2) is 0 Å². The molecule has 3 N–H and O–H groups in total. The average molecular weight is 494 g/mol. The summed E-state index contributed by atoms with van der Waals surface area (Å²) in [6.45, 7) is 1.77. The van der Waals surface area contributed by atoms with E-state index in [2.05, 4.69) is 5.32 Å². The third kappa shape index (κ3) is 5.39. The average Bonchev–Trinajstić information content (AvgIpc) is 2.83. The number of hydrogen-bond donors (Lipinski definition) is 2. The molecule has 4 rings (SSSR count). The molecule has 174 valence electrons. The third-order valence-corrected chi connectivity index (χ3v) is 7.10. The Balaban J connectivity index is 1.63. The maximum atomic E-state index is 12.8. The molecule has 34 heavy (non-hydrogen) atoms. The zero-order valence-corrected chi connectivity index (χ0v) is 20.2. The number of rotatable bonds is 7. The van der Waals surface area contributed by atoms with Crippen LogP contribution in [-0.4, -0.2) is 31.7 Å². The summed E-state index contributed by atoms with van der Waals surface area (Å²) in [6, 6.07) is 23.5. The van der Waals surface area contributed by atoms with Gasteiger partial charge in [0.05, 0.1) is 27.8 Å². The number of sulfonamides is 1. The zero-order chi connectivity index (χ0) is 24.3. The van der Waals surface area contributed by atoms with Gasteiger partial charge in [-0.3, -0.25) is 4.79 Å². The number of amides is 1. The number of carbonyl (C=O) groups excluding carboxylic acids is 1. The second-order valence-electron chi connectivity index (χ2n) is 7.58. The maximum absolute atomic E-state index is 12.8. The van der Waals surface area contributed by atoms with Crippen LogP contribution < -0.4 is 15.2 Å². The van der Waals surface area contributed by atoms with Crippen molar-refractivity contribution in [1.29, 1.82) is 0 Å². The highest BCUT2D eigenvalue weighted by Crippen LogP contribution is 2.34. The highest BCUT2D eigenvalue weighted by molar-refractivity contribution is 8.00. The minimum Gasteiger partial charge on any atom is -0.497 e. The standard InChI is InChI=1S/C25H23N3O4S2/c1-16(25(29)27-18-9-6-10-20(13-18)34(26,30)31)33-24-15-22(17-7-4-3-5-8-17)21-12-11-19(32-2)14-23(21)28-24/h3-16H,1-2H3,(H,27,29)(H2,26,30,31). The lowest BCUT2D eigenvalue weighted by Gasteiger charge is -2.15. The van der Waals surface area contributed by atoms with Crippen molar-refractivity contribution in [3.8, 4) is 16.9 Å². The molecule has 1 heterocycles. The highest BCUT2D eigenvalue weighted by atomic mass is 32.2. The number of hydrogen-bond acceptors (Lipinski definition) is 6. The summed E-state index contributed by atoms with van der Waals surface area (Å²) < 4.78 is 28.5. The lowest BCUT2D eigenvalue weighted by Crippen LogP contribution is -2.23. The van der Waals surface area contributed by atoms with Gasteiger partial charge in [-0.25, -0.2) is 18.5 Å². The predicted octanol–water partition coefficient (Wildman–Crippen LogP) is 4.68. The molecule has 0 spiro atoms. The van der Waals surface area contributed by atoms with Crippen LogP contribution in [0.2, 0.25) is 0 Å². The quantitative estimate of drug-likeness (QED) is 0.362. The van der Waals surface area contributed by atoms with Crippen molar-refractivity contribution in [1.82, 2.24) is 4.98 Å². The molecule has 0 aliphatic carbocycles. The Labute approximate surface area is 202 Å². The number of primary sulfonamides is 1. The first kappa shape index (κ1) is 23.7. The molecule has 0 saturated heterocycles. The van der Waals surface area contributed by atoms with Crippen LogP contribution in [0, 0.1) is 0 Å². The molecule has 7 nitrogen and oxygen atoms in total. The van der Waals surface area contributed by atoms with E-state index in [1.54, 1.807) is 20.1 Å². The lowest BCUT2D eigenvalue weighted by atomic mass is 10.0. The summed E-state index contributed by atoms with van der Waals surface area (Å²) in [5, 5.41) is 9.09. The summed E-state index contributed by atoms with van der Waals surface area (Å²) in [5.74, 6) is 0.409. The van der Waals surface area contributed by atoms with Gasteiger partial charge < -0.3 is 10.1 Å². The molecule has 0 bridgehead atoms. The van der Waals surface area contributed by atoms with Crippen molar-refractivity contribution in [3.05, 3.63) is 78.9 Å². The van der Waals surface area contributed by atoms with Crippen LogP contribution in [0.5, 0.6) is 5.75 Å². The molecule has 0 aliphatic rings. The topological polar surface area (TPSA) is 111 Å². The van der Waals surface area contributed by atoms with Crippen LogP contribution in [0.15, 0.2) is 88.8 Å². The molecule has 0 saturated carbocycles. The normalized spacial score (nSPS) is 12.3. The first-order chi connectivity index (χ1) is 16.2. The molecule has 9 heteroatoms. The van der Waals surface area contributed by atoms with E-state index in [-0.39, 0.29) is 10.8 Å². The number of anilines is 1. The van der Waals surface area contributed by atoms with E-state index in [0.717, 1.165) is 22.0 Å². The van der Waals surface area contributed by atoms with Gasteiger partial charge in [-0.1, -0.05) is 48.2 Å². The molecule has 1 aromatic heterocycles. The van der Waals surface area contributed by atoms with Crippen LogP contribution in [0.1, 0.15) is 6.92 Å².